The van der Waals surface area contributed by atoms with Gasteiger partial charge in [-0.15, -0.1) is 0 Å². The van der Waals surface area contributed by atoms with Crippen molar-refractivity contribution in [2.75, 3.05) is 0 Å². The van der Waals surface area contributed by atoms with Gasteiger partial charge in [-0.1, -0.05) is 36.4 Å². The summed E-state index contributed by atoms with van der Waals surface area (Å²) in [6.07, 6.45) is 0. The monoisotopic (exact) mass is 666 g/mol. The summed E-state index contributed by atoms with van der Waals surface area (Å²) in [6.45, 7) is 0. The molecule has 0 aliphatic heterocycles. The first-order chi connectivity index (χ1) is 15.0. The van der Waals surface area contributed by atoms with E-state index in [9.17, 15) is 0 Å². The average molecular weight is 670 g/mol. The minimum Gasteiger partial charge on any atom is -0.456 e. The molecule has 0 N–H and O–H groups in total. The number of benzene rings is 4. The van der Waals surface area contributed by atoms with Crippen molar-refractivity contribution >= 4 is 63.7 Å². The first kappa shape index (κ1) is 22.4. The maximum absolute atomic E-state index is 6.15. The summed E-state index contributed by atoms with van der Waals surface area (Å²) in [6, 6.07) is 26.6. The van der Waals surface area contributed by atoms with Gasteiger partial charge in [0.2, 0.25) is 0 Å². The SMILES string of the molecule is Brc1c(Oc2ccccc2)ccc(Oc2ccc(Oc3ccccc3)c(Br)c2Br)c1Br. The quantitative estimate of drug-likeness (QED) is 0.205. The molecular weight excluding hydrogens is 656 g/mol. The molecule has 4 aromatic rings. The van der Waals surface area contributed by atoms with Gasteiger partial charge in [-0.2, -0.15) is 0 Å². The Morgan fingerprint density at radius 2 is 0.645 bits per heavy atom. The Morgan fingerprint density at radius 3 is 0.968 bits per heavy atom. The van der Waals surface area contributed by atoms with E-state index in [-0.39, 0.29) is 0 Å². The molecular formula is C24H14Br4O3. The van der Waals surface area contributed by atoms with Crippen molar-refractivity contribution in [3.63, 3.8) is 0 Å². The van der Waals surface area contributed by atoms with Crippen LogP contribution in [0.3, 0.4) is 0 Å². The molecule has 156 valence electrons. The van der Waals surface area contributed by atoms with E-state index in [0.717, 1.165) is 29.4 Å². The number of rotatable bonds is 6. The molecule has 0 aliphatic carbocycles. The maximum atomic E-state index is 6.15. The molecule has 7 heteroatoms. The summed E-state index contributed by atoms with van der Waals surface area (Å²) in [5, 5.41) is 0. The van der Waals surface area contributed by atoms with E-state index in [1.807, 2.05) is 84.9 Å². The Labute approximate surface area is 213 Å². The molecule has 0 saturated carbocycles. The lowest BCUT2D eigenvalue weighted by atomic mass is 10.3. The topological polar surface area (TPSA) is 27.7 Å². The van der Waals surface area contributed by atoms with Crippen molar-refractivity contribution < 1.29 is 14.2 Å². The lowest BCUT2D eigenvalue weighted by Crippen LogP contribution is -1.92. The number of para-hydroxylation sites is 2. The Bertz CT molecular complexity index is 1100. The Balaban J connectivity index is 1.56. The van der Waals surface area contributed by atoms with Crippen LogP contribution in [0.4, 0.5) is 0 Å². The summed E-state index contributed by atoms with van der Waals surface area (Å²) in [5.41, 5.74) is 0. The van der Waals surface area contributed by atoms with E-state index in [0.29, 0.717) is 23.0 Å². The van der Waals surface area contributed by atoms with Crippen LogP contribution in [0.1, 0.15) is 0 Å². The summed E-state index contributed by atoms with van der Waals surface area (Å²) in [5.74, 6) is 4.14. The van der Waals surface area contributed by atoms with Crippen LogP contribution in [0.25, 0.3) is 0 Å². The smallest absolute Gasteiger partial charge is 0.143 e. The molecule has 4 rings (SSSR count). The van der Waals surface area contributed by atoms with Gasteiger partial charge >= 0.3 is 0 Å². The minimum atomic E-state index is 0.636. The van der Waals surface area contributed by atoms with Crippen molar-refractivity contribution in [1.82, 2.24) is 0 Å². The molecule has 0 amide bonds. The van der Waals surface area contributed by atoms with E-state index in [1.54, 1.807) is 0 Å². The van der Waals surface area contributed by atoms with Crippen molar-refractivity contribution in [2.45, 2.75) is 0 Å². The van der Waals surface area contributed by atoms with E-state index < -0.39 is 0 Å². The summed E-state index contributed by atoms with van der Waals surface area (Å²) in [7, 11) is 0. The van der Waals surface area contributed by atoms with E-state index in [4.69, 9.17) is 14.2 Å². The highest BCUT2D eigenvalue weighted by molar-refractivity contribution is 9.13. The van der Waals surface area contributed by atoms with Crippen LogP contribution in [0.15, 0.2) is 103 Å². The zero-order chi connectivity index (χ0) is 21.8. The normalized spacial score (nSPS) is 10.6. The number of hydrogen-bond donors (Lipinski definition) is 0. The van der Waals surface area contributed by atoms with E-state index in [1.165, 1.54) is 0 Å². The molecule has 0 unspecified atom stereocenters. The first-order valence-corrected chi connectivity index (χ1v) is 12.3. The summed E-state index contributed by atoms with van der Waals surface area (Å²) < 4.78 is 21.0. The van der Waals surface area contributed by atoms with Crippen LogP contribution in [-0.2, 0) is 0 Å². The fourth-order valence-corrected chi connectivity index (χ4v) is 4.33. The molecule has 0 aromatic heterocycles. The van der Waals surface area contributed by atoms with Crippen molar-refractivity contribution in [1.29, 1.82) is 0 Å². The van der Waals surface area contributed by atoms with Crippen LogP contribution >= 0.6 is 63.7 Å². The average Bonchev–Trinajstić information content (AvgIpc) is 2.80. The van der Waals surface area contributed by atoms with E-state index >= 15 is 0 Å². The van der Waals surface area contributed by atoms with Crippen LogP contribution in [0.2, 0.25) is 0 Å². The molecule has 0 bridgehead atoms. The van der Waals surface area contributed by atoms with Crippen molar-refractivity contribution in [3.05, 3.63) is 103 Å². The van der Waals surface area contributed by atoms with Crippen molar-refractivity contribution in [3.8, 4) is 34.5 Å². The third-order valence-corrected chi connectivity index (χ3v) is 8.40. The van der Waals surface area contributed by atoms with Gasteiger partial charge in [-0.25, -0.2) is 0 Å². The predicted molar refractivity (Wildman–Crippen MR) is 137 cm³/mol. The molecule has 0 saturated heterocycles. The van der Waals surface area contributed by atoms with Gasteiger partial charge in [-0.3, -0.25) is 0 Å². The lowest BCUT2D eigenvalue weighted by Gasteiger charge is -2.15. The van der Waals surface area contributed by atoms with Gasteiger partial charge in [0.25, 0.3) is 0 Å². The second-order valence-corrected chi connectivity index (χ2v) is 9.48. The fraction of sp³-hybridized carbons (Fsp3) is 0. The highest BCUT2D eigenvalue weighted by atomic mass is 79.9. The fourth-order valence-electron chi connectivity index (χ4n) is 2.69. The van der Waals surface area contributed by atoms with Crippen LogP contribution in [0, 0.1) is 0 Å². The highest BCUT2D eigenvalue weighted by Crippen LogP contribution is 2.46. The molecule has 4 aromatic carbocycles. The predicted octanol–water partition coefficient (Wildman–Crippen LogP) is 10.1. The summed E-state index contributed by atoms with van der Waals surface area (Å²) in [4.78, 5) is 0. The zero-order valence-electron chi connectivity index (χ0n) is 15.8. The first-order valence-electron chi connectivity index (χ1n) is 9.12. The maximum Gasteiger partial charge on any atom is 0.143 e. The second-order valence-electron chi connectivity index (χ2n) is 6.31. The van der Waals surface area contributed by atoms with Crippen molar-refractivity contribution in [2.24, 2.45) is 0 Å². The third-order valence-electron chi connectivity index (χ3n) is 4.18. The van der Waals surface area contributed by atoms with Gasteiger partial charge in [0, 0.05) is 0 Å². The number of halogens is 4. The molecule has 0 heterocycles. The molecule has 0 aliphatic rings. The van der Waals surface area contributed by atoms with Gasteiger partial charge < -0.3 is 14.2 Å². The standard InChI is InChI=1S/C24H14Br4O3/c25-21-17(29-15-7-3-1-4-8-15)11-13-19(23(21)27)31-20-14-12-18(22(26)24(20)28)30-16-9-5-2-6-10-16/h1-14H. The third kappa shape index (κ3) is 5.34. The zero-order valence-corrected chi connectivity index (χ0v) is 22.2. The van der Waals surface area contributed by atoms with Crippen LogP contribution < -0.4 is 14.2 Å². The van der Waals surface area contributed by atoms with E-state index in [2.05, 4.69) is 63.7 Å². The van der Waals surface area contributed by atoms with Gasteiger partial charge in [-0.05, 0) is 112 Å². The Hall–Kier alpha value is -1.80. The molecule has 3 nitrogen and oxygen atoms in total. The van der Waals surface area contributed by atoms with Gasteiger partial charge in [0.1, 0.15) is 34.5 Å². The van der Waals surface area contributed by atoms with Gasteiger partial charge in [0.05, 0.1) is 17.9 Å². The Kier molecular flexibility index (Phi) is 7.38. The van der Waals surface area contributed by atoms with Crippen LogP contribution in [0.5, 0.6) is 34.5 Å². The molecule has 31 heavy (non-hydrogen) atoms. The minimum absolute atomic E-state index is 0.636. The molecule has 0 spiro atoms. The molecule has 0 fully saturated rings. The Morgan fingerprint density at radius 1 is 0.355 bits per heavy atom. The second kappa shape index (κ2) is 10.2. The van der Waals surface area contributed by atoms with Crippen LogP contribution in [-0.4, -0.2) is 0 Å². The lowest BCUT2D eigenvalue weighted by molar-refractivity contribution is 0.456. The highest BCUT2D eigenvalue weighted by Gasteiger charge is 2.17. The molecule has 0 atom stereocenters. The molecule has 0 radical (unpaired) electrons. The number of hydrogen-bond acceptors (Lipinski definition) is 3. The number of ether oxygens (including phenoxy) is 3. The largest absolute Gasteiger partial charge is 0.456 e. The summed E-state index contributed by atoms with van der Waals surface area (Å²) >= 11 is 14.4. The van der Waals surface area contributed by atoms with Gasteiger partial charge in [0.15, 0.2) is 0 Å².